The summed E-state index contributed by atoms with van der Waals surface area (Å²) in [7, 11) is -3.62. The van der Waals surface area contributed by atoms with Crippen LogP contribution in [0.25, 0.3) is 0 Å². The van der Waals surface area contributed by atoms with Gasteiger partial charge in [0.2, 0.25) is 15.9 Å². The number of amides is 1. The molecule has 0 aliphatic heterocycles. The number of aliphatic carboxylic acids is 1. The Hall–Kier alpha value is -1.15. The third-order valence-corrected chi connectivity index (χ3v) is 4.50. The van der Waals surface area contributed by atoms with Crippen molar-refractivity contribution in [1.29, 1.82) is 0 Å². The van der Waals surface area contributed by atoms with Gasteiger partial charge in [0.1, 0.15) is 0 Å². The molecule has 0 aromatic rings. The monoisotopic (exact) mass is 306 g/mol. The largest absolute Gasteiger partial charge is 0.481 e. The van der Waals surface area contributed by atoms with Gasteiger partial charge in [-0.3, -0.25) is 9.59 Å². The summed E-state index contributed by atoms with van der Waals surface area (Å²) in [5.41, 5.74) is -1.01. The molecule has 1 fully saturated rings. The van der Waals surface area contributed by atoms with E-state index in [1.807, 2.05) is 0 Å². The fourth-order valence-electron chi connectivity index (χ4n) is 2.57. The van der Waals surface area contributed by atoms with E-state index >= 15 is 0 Å². The van der Waals surface area contributed by atoms with Crippen molar-refractivity contribution in [1.82, 2.24) is 5.32 Å². The molecule has 8 heteroatoms. The van der Waals surface area contributed by atoms with E-state index in [0.29, 0.717) is 12.8 Å². The van der Waals surface area contributed by atoms with Crippen LogP contribution in [0.15, 0.2) is 0 Å². The van der Waals surface area contributed by atoms with Gasteiger partial charge in [0, 0.05) is 13.0 Å². The van der Waals surface area contributed by atoms with Crippen molar-refractivity contribution in [3.05, 3.63) is 0 Å². The van der Waals surface area contributed by atoms with Crippen LogP contribution in [-0.4, -0.2) is 37.7 Å². The molecular weight excluding hydrogens is 284 g/mol. The number of hydrogen-bond acceptors (Lipinski definition) is 4. The number of rotatable bonds is 6. The van der Waals surface area contributed by atoms with E-state index in [1.54, 1.807) is 0 Å². The molecule has 0 bridgehead atoms. The van der Waals surface area contributed by atoms with Gasteiger partial charge in [0.25, 0.3) is 0 Å². The third kappa shape index (κ3) is 5.46. The molecule has 0 radical (unpaired) electrons. The maximum Gasteiger partial charge on any atom is 0.310 e. The van der Waals surface area contributed by atoms with Crippen molar-refractivity contribution in [3.63, 3.8) is 0 Å². The number of carbonyl (C=O) groups excluding carboxylic acids is 1. The topological polar surface area (TPSA) is 127 Å². The molecule has 0 unspecified atom stereocenters. The lowest BCUT2D eigenvalue weighted by Gasteiger charge is -2.27. The predicted molar refractivity (Wildman–Crippen MR) is 73.4 cm³/mol. The minimum Gasteiger partial charge on any atom is -0.481 e. The van der Waals surface area contributed by atoms with Crippen molar-refractivity contribution >= 4 is 21.9 Å². The number of hydrogen-bond donors (Lipinski definition) is 3. The van der Waals surface area contributed by atoms with Gasteiger partial charge in [-0.1, -0.05) is 25.7 Å². The summed E-state index contributed by atoms with van der Waals surface area (Å²) in [6.45, 7) is -0.0899. The molecule has 1 rings (SSSR count). The molecule has 0 aromatic heterocycles. The third-order valence-electron chi connectivity index (χ3n) is 3.72. The van der Waals surface area contributed by atoms with E-state index in [1.165, 1.54) is 0 Å². The Labute approximate surface area is 119 Å². The number of sulfonamides is 1. The molecule has 1 amide bonds. The lowest BCUT2D eigenvalue weighted by Crippen LogP contribution is -2.39. The molecule has 1 aliphatic carbocycles. The van der Waals surface area contributed by atoms with Crippen LogP contribution in [0.4, 0.5) is 0 Å². The molecule has 0 atom stereocenters. The fraction of sp³-hybridized carbons (Fsp3) is 0.833. The van der Waals surface area contributed by atoms with E-state index in [2.05, 4.69) is 5.32 Å². The molecule has 7 nitrogen and oxygen atoms in total. The summed E-state index contributed by atoms with van der Waals surface area (Å²) in [6, 6.07) is 0. The SMILES string of the molecule is NS(=O)(=O)CCNC(=O)CC1(C(=O)O)CCCCCC1. The lowest BCUT2D eigenvalue weighted by molar-refractivity contribution is -0.152. The van der Waals surface area contributed by atoms with Gasteiger partial charge >= 0.3 is 5.97 Å². The highest BCUT2D eigenvalue weighted by molar-refractivity contribution is 7.89. The Morgan fingerprint density at radius 3 is 2.15 bits per heavy atom. The zero-order chi connectivity index (χ0) is 15.2. The normalized spacial score (nSPS) is 19.1. The Kier molecular flexibility index (Phi) is 5.94. The number of carboxylic acid groups (broad SMARTS) is 1. The van der Waals surface area contributed by atoms with Crippen LogP contribution in [0.3, 0.4) is 0 Å². The standard InChI is InChI=1S/C12H22N2O5S/c13-20(18,19)8-7-14-10(15)9-12(11(16)17)5-3-1-2-4-6-12/h1-9H2,(H,14,15)(H,16,17)(H2,13,18,19). The predicted octanol–water partition coefficient (Wildman–Crippen LogP) is 0.206. The van der Waals surface area contributed by atoms with Crippen molar-refractivity contribution in [2.45, 2.75) is 44.9 Å². The average molecular weight is 306 g/mol. The van der Waals surface area contributed by atoms with E-state index in [0.717, 1.165) is 25.7 Å². The second-order valence-electron chi connectivity index (χ2n) is 5.39. The van der Waals surface area contributed by atoms with E-state index in [-0.39, 0.29) is 18.7 Å². The average Bonchev–Trinajstić information content (AvgIpc) is 2.53. The van der Waals surface area contributed by atoms with Crippen LogP contribution in [-0.2, 0) is 19.6 Å². The van der Waals surface area contributed by atoms with Crippen LogP contribution in [0.2, 0.25) is 0 Å². The first-order chi connectivity index (χ1) is 9.25. The minimum absolute atomic E-state index is 0.0899. The first-order valence-electron chi connectivity index (χ1n) is 6.76. The summed E-state index contributed by atoms with van der Waals surface area (Å²) in [6.07, 6.45) is 4.46. The Morgan fingerprint density at radius 2 is 1.70 bits per heavy atom. The molecule has 1 aliphatic rings. The first kappa shape index (κ1) is 16.9. The molecule has 0 spiro atoms. The molecule has 4 N–H and O–H groups in total. The Balaban J connectivity index is 2.57. The number of nitrogens with two attached hydrogens (primary N) is 1. The summed E-state index contributed by atoms with van der Waals surface area (Å²) in [5, 5.41) is 16.7. The van der Waals surface area contributed by atoms with E-state index < -0.39 is 27.3 Å². The smallest absolute Gasteiger partial charge is 0.310 e. The molecule has 1 saturated carbocycles. The van der Waals surface area contributed by atoms with E-state index in [4.69, 9.17) is 5.14 Å². The van der Waals surface area contributed by atoms with Gasteiger partial charge in [0.05, 0.1) is 11.2 Å². The summed E-state index contributed by atoms with van der Waals surface area (Å²) in [4.78, 5) is 23.3. The number of carbonyl (C=O) groups is 2. The van der Waals surface area contributed by atoms with Crippen LogP contribution in [0.1, 0.15) is 44.9 Å². The van der Waals surface area contributed by atoms with Gasteiger partial charge in [-0.05, 0) is 12.8 Å². The minimum atomic E-state index is -3.62. The maximum atomic E-state index is 11.8. The number of primary sulfonamides is 1. The quantitative estimate of drug-likeness (QED) is 0.604. The zero-order valence-electron chi connectivity index (χ0n) is 11.4. The van der Waals surface area contributed by atoms with Crippen molar-refractivity contribution in [2.75, 3.05) is 12.3 Å². The number of nitrogens with one attached hydrogen (secondary N) is 1. The number of carboxylic acids is 1. The second kappa shape index (κ2) is 7.03. The van der Waals surface area contributed by atoms with Gasteiger partial charge in [-0.25, -0.2) is 13.6 Å². The lowest BCUT2D eigenvalue weighted by atomic mass is 9.77. The van der Waals surface area contributed by atoms with E-state index in [9.17, 15) is 23.1 Å². The van der Waals surface area contributed by atoms with Crippen LogP contribution < -0.4 is 10.5 Å². The van der Waals surface area contributed by atoms with Crippen LogP contribution in [0.5, 0.6) is 0 Å². The highest BCUT2D eigenvalue weighted by Gasteiger charge is 2.40. The summed E-state index contributed by atoms with van der Waals surface area (Å²) in [5.74, 6) is -1.72. The molecule has 0 heterocycles. The van der Waals surface area contributed by atoms with Crippen molar-refractivity contribution in [2.24, 2.45) is 10.6 Å². The van der Waals surface area contributed by atoms with Crippen LogP contribution in [0, 0.1) is 5.41 Å². The summed E-state index contributed by atoms with van der Waals surface area (Å²) < 4.78 is 21.5. The maximum absolute atomic E-state index is 11.8. The van der Waals surface area contributed by atoms with Crippen molar-refractivity contribution < 1.29 is 23.1 Å². The molecule has 20 heavy (non-hydrogen) atoms. The van der Waals surface area contributed by atoms with Gasteiger partial charge < -0.3 is 10.4 Å². The summed E-state index contributed by atoms with van der Waals surface area (Å²) >= 11 is 0. The Bertz CT molecular complexity index is 452. The molecular formula is C12H22N2O5S. The second-order valence-corrected chi connectivity index (χ2v) is 7.13. The highest BCUT2D eigenvalue weighted by atomic mass is 32.2. The Morgan fingerprint density at radius 1 is 1.15 bits per heavy atom. The molecule has 0 saturated heterocycles. The molecule has 116 valence electrons. The fourth-order valence-corrected chi connectivity index (χ4v) is 2.96. The van der Waals surface area contributed by atoms with Gasteiger partial charge in [-0.15, -0.1) is 0 Å². The first-order valence-corrected chi connectivity index (χ1v) is 8.47. The van der Waals surface area contributed by atoms with Gasteiger partial charge in [-0.2, -0.15) is 0 Å². The van der Waals surface area contributed by atoms with Crippen LogP contribution >= 0.6 is 0 Å². The zero-order valence-corrected chi connectivity index (χ0v) is 12.2. The molecule has 0 aromatic carbocycles. The van der Waals surface area contributed by atoms with Gasteiger partial charge in [0.15, 0.2) is 0 Å². The highest BCUT2D eigenvalue weighted by Crippen LogP contribution is 2.38. The van der Waals surface area contributed by atoms with Crippen molar-refractivity contribution in [3.8, 4) is 0 Å².